The van der Waals surface area contributed by atoms with Crippen LogP contribution in [0, 0.1) is 0 Å². The summed E-state index contributed by atoms with van der Waals surface area (Å²) in [5.74, 6) is -1.83. The van der Waals surface area contributed by atoms with Gasteiger partial charge in [0.1, 0.15) is 5.75 Å². The van der Waals surface area contributed by atoms with Crippen LogP contribution in [0.25, 0.3) is 10.8 Å². The Morgan fingerprint density at radius 2 is 1.73 bits per heavy atom. The van der Waals surface area contributed by atoms with Crippen molar-refractivity contribution in [1.82, 2.24) is 16.2 Å². The van der Waals surface area contributed by atoms with E-state index in [0.29, 0.717) is 0 Å². The fourth-order valence-electron chi connectivity index (χ4n) is 2.13. The number of hydrogen-bond acceptors (Lipinski definition) is 6. The van der Waals surface area contributed by atoms with Gasteiger partial charge in [0, 0.05) is 6.42 Å². The lowest BCUT2D eigenvalue weighted by Gasteiger charge is -2.12. The molecule has 0 aromatic heterocycles. The Kier molecular flexibility index (Phi) is 6.45. The molecule has 0 aliphatic rings. The zero-order chi connectivity index (χ0) is 19.1. The van der Waals surface area contributed by atoms with Gasteiger partial charge in [0.05, 0.1) is 19.1 Å². The van der Waals surface area contributed by atoms with Gasteiger partial charge in [-0.15, -0.1) is 0 Å². The molecule has 0 fully saturated rings. The Hall–Kier alpha value is -3.20. The van der Waals surface area contributed by atoms with Crippen LogP contribution in [0.4, 0.5) is 0 Å². The highest BCUT2D eigenvalue weighted by Crippen LogP contribution is 2.24. The molecule has 2 amide bonds. The fraction of sp³-hybridized carbons (Fsp3) is 0.176. The molecule has 0 spiro atoms. The largest absolute Gasteiger partial charge is 0.507 e. The van der Waals surface area contributed by atoms with Crippen molar-refractivity contribution < 1.29 is 24.2 Å². The molecule has 136 valence electrons. The minimum Gasteiger partial charge on any atom is -0.507 e. The Bertz CT molecular complexity index is 869. The first-order chi connectivity index (χ1) is 12.4. The van der Waals surface area contributed by atoms with E-state index in [0.717, 1.165) is 10.8 Å². The highest BCUT2D eigenvalue weighted by Gasteiger charge is 2.13. The molecule has 0 atom stereocenters. The summed E-state index contributed by atoms with van der Waals surface area (Å²) < 4.78 is 4.43. The quantitative estimate of drug-likeness (QED) is 0.360. The molecule has 9 heteroatoms. The molecule has 2 aromatic carbocycles. The maximum atomic E-state index is 12.2. The molecule has 0 bridgehead atoms. The van der Waals surface area contributed by atoms with Gasteiger partial charge >= 0.3 is 5.97 Å². The molecule has 4 N–H and O–H groups in total. The number of phenols is 1. The third-order valence-electron chi connectivity index (χ3n) is 3.44. The topological polar surface area (TPSA) is 117 Å². The second-order valence-electron chi connectivity index (χ2n) is 5.25. The smallest absolute Gasteiger partial charge is 0.306 e. The van der Waals surface area contributed by atoms with Crippen molar-refractivity contribution in [2.75, 3.05) is 7.11 Å². The number of benzene rings is 2. The highest BCUT2D eigenvalue weighted by atomic mass is 32.1. The van der Waals surface area contributed by atoms with E-state index in [1.807, 2.05) is 24.3 Å². The van der Waals surface area contributed by atoms with Gasteiger partial charge in [-0.25, -0.2) is 0 Å². The van der Waals surface area contributed by atoms with Crippen LogP contribution in [0.1, 0.15) is 23.2 Å². The number of methoxy groups -OCH3 is 1. The van der Waals surface area contributed by atoms with Crippen LogP contribution in [0.3, 0.4) is 0 Å². The van der Waals surface area contributed by atoms with Gasteiger partial charge < -0.3 is 15.2 Å². The molecule has 0 saturated heterocycles. The summed E-state index contributed by atoms with van der Waals surface area (Å²) in [5, 5.41) is 13.7. The van der Waals surface area contributed by atoms with Gasteiger partial charge in [0.25, 0.3) is 5.91 Å². The summed E-state index contributed by atoms with van der Waals surface area (Å²) in [6.07, 6.45) is -0.184. The number of rotatable bonds is 4. The van der Waals surface area contributed by atoms with Crippen molar-refractivity contribution in [1.29, 1.82) is 0 Å². The molecule has 0 aliphatic carbocycles. The van der Waals surface area contributed by atoms with E-state index in [2.05, 4.69) is 20.9 Å². The molecular weight excluding hydrogens is 358 g/mol. The molecule has 8 nitrogen and oxygen atoms in total. The predicted octanol–water partition coefficient (Wildman–Crippen LogP) is 1.13. The zero-order valence-electron chi connectivity index (χ0n) is 13.9. The van der Waals surface area contributed by atoms with Crippen LogP contribution in [-0.2, 0) is 14.3 Å². The Morgan fingerprint density at radius 3 is 2.38 bits per heavy atom. The summed E-state index contributed by atoms with van der Waals surface area (Å²) in [6.45, 7) is 0. The third-order valence-corrected chi connectivity index (χ3v) is 3.64. The first kappa shape index (κ1) is 19.1. The van der Waals surface area contributed by atoms with E-state index < -0.39 is 17.8 Å². The molecule has 0 unspecified atom stereocenters. The number of esters is 1. The second-order valence-corrected chi connectivity index (χ2v) is 5.66. The number of ether oxygens (including phenoxy) is 1. The first-order valence-corrected chi connectivity index (χ1v) is 8.00. The minimum absolute atomic E-state index is 0.0519. The van der Waals surface area contributed by atoms with Gasteiger partial charge in [-0.2, -0.15) is 0 Å². The fourth-order valence-corrected chi connectivity index (χ4v) is 2.29. The van der Waals surface area contributed by atoms with E-state index >= 15 is 0 Å². The Morgan fingerprint density at radius 1 is 1.08 bits per heavy atom. The predicted molar refractivity (Wildman–Crippen MR) is 98.2 cm³/mol. The van der Waals surface area contributed by atoms with E-state index in [1.165, 1.54) is 13.2 Å². The number of phenolic OH excluding ortho intramolecular Hbond substituents is 1. The Labute approximate surface area is 154 Å². The van der Waals surface area contributed by atoms with Crippen LogP contribution in [0.2, 0.25) is 0 Å². The lowest BCUT2D eigenvalue weighted by atomic mass is 10.1. The van der Waals surface area contributed by atoms with E-state index in [1.54, 1.807) is 6.07 Å². The average Bonchev–Trinajstić information content (AvgIpc) is 2.63. The summed E-state index contributed by atoms with van der Waals surface area (Å²) >= 11 is 4.88. The molecule has 0 heterocycles. The molecule has 0 saturated carbocycles. The maximum absolute atomic E-state index is 12.2. The van der Waals surface area contributed by atoms with Crippen LogP contribution in [-0.4, -0.2) is 35.1 Å². The van der Waals surface area contributed by atoms with Gasteiger partial charge in [0.2, 0.25) is 5.91 Å². The van der Waals surface area contributed by atoms with E-state index in [-0.39, 0.29) is 29.3 Å². The van der Waals surface area contributed by atoms with Crippen LogP contribution >= 0.6 is 12.2 Å². The van der Waals surface area contributed by atoms with Crippen molar-refractivity contribution in [2.45, 2.75) is 12.8 Å². The SMILES string of the molecule is COC(=O)CCC(=O)NC(=S)NNC(=O)c1cc2ccccc2cc1O. The van der Waals surface area contributed by atoms with Crippen molar-refractivity contribution >= 4 is 45.9 Å². The van der Waals surface area contributed by atoms with E-state index in [4.69, 9.17) is 12.2 Å². The minimum atomic E-state index is -0.626. The molecule has 2 rings (SSSR count). The lowest BCUT2D eigenvalue weighted by Crippen LogP contribution is -2.48. The monoisotopic (exact) mass is 375 g/mol. The molecule has 26 heavy (non-hydrogen) atoms. The van der Waals surface area contributed by atoms with Crippen molar-refractivity contribution in [3.05, 3.63) is 42.0 Å². The van der Waals surface area contributed by atoms with E-state index in [9.17, 15) is 19.5 Å². The summed E-state index contributed by atoms with van der Waals surface area (Å²) in [6, 6.07) is 10.3. The Balaban J connectivity index is 1.90. The normalized spacial score (nSPS) is 10.0. The molecular formula is C17H17N3O5S. The average molecular weight is 375 g/mol. The van der Waals surface area contributed by atoms with Gasteiger partial charge in [-0.3, -0.25) is 25.2 Å². The van der Waals surface area contributed by atoms with Crippen LogP contribution in [0.5, 0.6) is 5.75 Å². The first-order valence-electron chi connectivity index (χ1n) is 7.59. The number of amides is 2. The number of carbonyl (C=O) groups is 3. The van der Waals surface area contributed by atoms with Crippen LogP contribution in [0.15, 0.2) is 36.4 Å². The van der Waals surface area contributed by atoms with Crippen molar-refractivity contribution in [2.24, 2.45) is 0 Å². The number of aromatic hydroxyl groups is 1. The highest BCUT2D eigenvalue weighted by molar-refractivity contribution is 7.80. The van der Waals surface area contributed by atoms with Gasteiger partial charge in [-0.05, 0) is 35.1 Å². The van der Waals surface area contributed by atoms with Gasteiger partial charge in [0.15, 0.2) is 5.11 Å². The molecule has 2 aromatic rings. The van der Waals surface area contributed by atoms with Crippen molar-refractivity contribution in [3.63, 3.8) is 0 Å². The summed E-state index contributed by atoms with van der Waals surface area (Å²) in [4.78, 5) is 34.7. The standard InChI is InChI=1S/C17H17N3O5S/c1-25-15(23)7-6-14(22)18-17(26)20-19-16(24)12-8-10-4-2-3-5-11(10)9-13(12)21/h2-5,8-9,21H,6-7H2,1H3,(H,19,24)(H2,18,20,22,26). The molecule has 0 radical (unpaired) electrons. The summed E-state index contributed by atoms with van der Waals surface area (Å²) in [7, 11) is 1.23. The lowest BCUT2D eigenvalue weighted by molar-refractivity contribution is -0.142. The number of thiocarbonyl (C=S) groups is 1. The maximum Gasteiger partial charge on any atom is 0.306 e. The summed E-state index contributed by atoms with van der Waals surface area (Å²) in [5.41, 5.74) is 4.70. The van der Waals surface area contributed by atoms with Crippen molar-refractivity contribution in [3.8, 4) is 5.75 Å². The number of carbonyl (C=O) groups excluding carboxylic acids is 3. The van der Waals surface area contributed by atoms with Gasteiger partial charge in [-0.1, -0.05) is 24.3 Å². The second kappa shape index (κ2) is 8.77. The third kappa shape index (κ3) is 5.15. The number of fused-ring (bicyclic) bond motifs is 1. The number of hydrogen-bond donors (Lipinski definition) is 4. The number of hydrazine groups is 1. The number of nitrogens with one attached hydrogen (secondary N) is 3. The molecule has 0 aliphatic heterocycles. The zero-order valence-corrected chi connectivity index (χ0v) is 14.7. The van der Waals surface area contributed by atoms with Crippen LogP contribution < -0.4 is 16.2 Å².